The molecule has 5 nitrogen and oxygen atoms in total. The van der Waals surface area contributed by atoms with E-state index in [2.05, 4.69) is 4.99 Å². The van der Waals surface area contributed by atoms with Crippen molar-refractivity contribution in [3.63, 3.8) is 0 Å². The molecule has 0 amide bonds. The van der Waals surface area contributed by atoms with Crippen molar-refractivity contribution in [1.29, 1.82) is 0 Å². The lowest BCUT2D eigenvalue weighted by atomic mass is 10.1. The van der Waals surface area contributed by atoms with E-state index in [1.165, 1.54) is 12.1 Å². The van der Waals surface area contributed by atoms with Crippen LogP contribution in [0.3, 0.4) is 0 Å². The number of nitrogens with zero attached hydrogens (tertiary/aromatic N) is 2. The summed E-state index contributed by atoms with van der Waals surface area (Å²) in [5.41, 5.74) is -4.93. The summed E-state index contributed by atoms with van der Waals surface area (Å²) < 4.78 is 102. The van der Waals surface area contributed by atoms with Crippen LogP contribution in [0.2, 0.25) is 0 Å². The van der Waals surface area contributed by atoms with E-state index in [0.29, 0.717) is 6.07 Å². The van der Waals surface area contributed by atoms with Gasteiger partial charge in [-0.3, -0.25) is 0 Å². The van der Waals surface area contributed by atoms with Gasteiger partial charge in [0, 0.05) is 17.5 Å². The number of amidine groups is 1. The van der Waals surface area contributed by atoms with E-state index in [1.54, 1.807) is 0 Å². The van der Waals surface area contributed by atoms with Gasteiger partial charge in [-0.1, -0.05) is 12.1 Å². The summed E-state index contributed by atoms with van der Waals surface area (Å²) in [7, 11) is -3.58. The molecule has 1 atom stereocenters. The van der Waals surface area contributed by atoms with Crippen LogP contribution in [0.4, 0.5) is 32.0 Å². The van der Waals surface area contributed by atoms with Crippen LogP contribution in [-0.4, -0.2) is 44.1 Å². The first-order valence-corrected chi connectivity index (χ1v) is 10.2. The van der Waals surface area contributed by atoms with Gasteiger partial charge in [0.05, 0.1) is 17.0 Å². The fraction of sp³-hybridized carbons (Fsp3) is 0.278. The van der Waals surface area contributed by atoms with Crippen LogP contribution in [0.1, 0.15) is 11.1 Å². The summed E-state index contributed by atoms with van der Waals surface area (Å²) in [6.07, 6.45) is -8.99. The van der Waals surface area contributed by atoms with E-state index in [4.69, 9.17) is 0 Å². The molecule has 12 heteroatoms. The Morgan fingerprint density at radius 2 is 1.63 bits per heavy atom. The van der Waals surface area contributed by atoms with Crippen molar-refractivity contribution in [2.75, 3.05) is 17.7 Å². The number of hydrogen-bond donors (Lipinski definition) is 1. The van der Waals surface area contributed by atoms with Crippen molar-refractivity contribution in [2.45, 2.75) is 23.0 Å². The maximum Gasteiger partial charge on any atom is 0.440 e. The largest absolute Gasteiger partial charge is 0.440 e. The zero-order valence-corrected chi connectivity index (χ0v) is 16.0. The standard InChI is InChI=1S/C18H14F6N2O3S/c1-30(28,29)14-7-5-13(6-8-14)26-10-16(27,18(22,23)24)25-15(26)11-3-2-4-12(9-11)17(19,20)21/h2-9,27H,10H2,1H3. The Bertz CT molecular complexity index is 1090. The Hall–Kier alpha value is -2.60. The number of rotatable bonds is 3. The van der Waals surface area contributed by atoms with E-state index in [-0.39, 0.29) is 16.1 Å². The summed E-state index contributed by atoms with van der Waals surface area (Å²) in [4.78, 5) is 4.08. The second-order valence-electron chi connectivity index (χ2n) is 6.68. The van der Waals surface area contributed by atoms with Crippen LogP contribution >= 0.6 is 0 Å². The molecule has 0 saturated heterocycles. The number of sulfone groups is 1. The van der Waals surface area contributed by atoms with Crippen molar-refractivity contribution < 1.29 is 39.9 Å². The Balaban J connectivity index is 2.12. The van der Waals surface area contributed by atoms with Gasteiger partial charge in [0.1, 0.15) is 5.84 Å². The molecule has 1 aliphatic rings. The van der Waals surface area contributed by atoms with Crippen molar-refractivity contribution in [2.24, 2.45) is 4.99 Å². The maximum atomic E-state index is 13.4. The van der Waals surface area contributed by atoms with Gasteiger partial charge in [-0.05, 0) is 36.4 Å². The van der Waals surface area contributed by atoms with Crippen molar-refractivity contribution >= 4 is 21.4 Å². The minimum absolute atomic E-state index is 0.0127. The van der Waals surface area contributed by atoms with Crippen LogP contribution in [0, 0.1) is 0 Å². The predicted octanol–water partition coefficient (Wildman–Crippen LogP) is 3.63. The first-order valence-electron chi connectivity index (χ1n) is 8.26. The van der Waals surface area contributed by atoms with E-state index in [1.807, 2.05) is 0 Å². The van der Waals surface area contributed by atoms with Crippen LogP contribution in [0.15, 0.2) is 58.4 Å². The number of halogens is 6. The molecule has 1 unspecified atom stereocenters. The van der Waals surface area contributed by atoms with E-state index in [9.17, 15) is 39.9 Å². The summed E-state index contributed by atoms with van der Waals surface area (Å²) in [6, 6.07) is 8.16. The fourth-order valence-electron chi connectivity index (χ4n) is 2.86. The molecule has 0 fully saturated rings. The summed E-state index contributed by atoms with van der Waals surface area (Å²) >= 11 is 0. The molecular formula is C18H14F6N2O3S. The number of hydrogen-bond acceptors (Lipinski definition) is 5. The summed E-state index contributed by atoms with van der Waals surface area (Å²) in [6.45, 7) is -1.11. The molecule has 2 aromatic carbocycles. The third-order valence-electron chi connectivity index (χ3n) is 4.40. The van der Waals surface area contributed by atoms with Gasteiger partial charge < -0.3 is 10.0 Å². The monoisotopic (exact) mass is 452 g/mol. The second-order valence-corrected chi connectivity index (χ2v) is 8.70. The van der Waals surface area contributed by atoms with Gasteiger partial charge in [-0.25, -0.2) is 13.4 Å². The molecule has 1 N–H and O–H groups in total. The highest BCUT2D eigenvalue weighted by Crippen LogP contribution is 2.39. The van der Waals surface area contributed by atoms with Gasteiger partial charge in [0.25, 0.3) is 5.72 Å². The molecule has 0 aliphatic carbocycles. The highest BCUT2D eigenvalue weighted by atomic mass is 32.2. The molecule has 0 radical (unpaired) electrons. The highest BCUT2D eigenvalue weighted by molar-refractivity contribution is 7.90. The Morgan fingerprint density at radius 1 is 1.03 bits per heavy atom. The Morgan fingerprint density at radius 3 is 2.13 bits per heavy atom. The fourth-order valence-corrected chi connectivity index (χ4v) is 3.49. The highest BCUT2D eigenvalue weighted by Gasteiger charge is 2.59. The lowest BCUT2D eigenvalue weighted by molar-refractivity contribution is -0.249. The molecule has 0 spiro atoms. The second kappa shape index (κ2) is 6.98. The molecule has 0 aromatic heterocycles. The number of aliphatic imine (C=N–C) groups is 1. The molecular weight excluding hydrogens is 438 g/mol. The van der Waals surface area contributed by atoms with Crippen molar-refractivity contribution in [3.8, 4) is 0 Å². The van der Waals surface area contributed by atoms with Gasteiger partial charge in [0.2, 0.25) is 0 Å². The van der Waals surface area contributed by atoms with E-state index in [0.717, 1.165) is 41.5 Å². The molecule has 1 aliphatic heterocycles. The number of benzene rings is 2. The zero-order valence-electron chi connectivity index (χ0n) is 15.2. The first kappa shape index (κ1) is 22.1. The quantitative estimate of drug-likeness (QED) is 0.723. The minimum atomic E-state index is -5.19. The molecule has 1 heterocycles. The van der Waals surface area contributed by atoms with Gasteiger partial charge >= 0.3 is 12.4 Å². The molecule has 0 bridgehead atoms. The number of β-amino-alcohol motifs (C(OH)–C–C–N with tert-alkyl or cyclic N) is 1. The first-order chi connectivity index (χ1) is 13.6. The Labute approximate surface area is 167 Å². The van der Waals surface area contributed by atoms with Crippen molar-refractivity contribution in [3.05, 3.63) is 59.7 Å². The normalized spacial score (nSPS) is 20.4. The number of aliphatic hydroxyl groups is 1. The van der Waals surface area contributed by atoms with Crippen LogP contribution < -0.4 is 4.90 Å². The lowest BCUT2D eigenvalue weighted by Crippen LogP contribution is -2.47. The number of alkyl halides is 6. The van der Waals surface area contributed by atoms with Crippen LogP contribution in [0.5, 0.6) is 0 Å². The molecule has 162 valence electrons. The van der Waals surface area contributed by atoms with E-state index >= 15 is 0 Å². The van der Waals surface area contributed by atoms with Gasteiger partial charge in [0.15, 0.2) is 9.84 Å². The molecule has 3 rings (SSSR count). The zero-order chi connectivity index (χ0) is 22.5. The molecule has 0 saturated carbocycles. The smallest absolute Gasteiger partial charge is 0.361 e. The minimum Gasteiger partial charge on any atom is -0.361 e. The van der Waals surface area contributed by atoms with Gasteiger partial charge in [-0.15, -0.1) is 0 Å². The van der Waals surface area contributed by atoms with Crippen molar-refractivity contribution in [1.82, 2.24) is 0 Å². The van der Waals surface area contributed by atoms with Crippen LogP contribution in [-0.2, 0) is 16.0 Å². The van der Waals surface area contributed by atoms with E-state index < -0.39 is 45.9 Å². The number of anilines is 1. The topological polar surface area (TPSA) is 70.0 Å². The average Bonchev–Trinajstić information content (AvgIpc) is 3.00. The third-order valence-corrected chi connectivity index (χ3v) is 5.53. The molecule has 30 heavy (non-hydrogen) atoms. The summed E-state index contributed by atoms with van der Waals surface area (Å²) in [5, 5.41) is 10.0. The maximum absolute atomic E-state index is 13.4. The molecule has 2 aromatic rings. The van der Waals surface area contributed by atoms with Crippen LogP contribution in [0.25, 0.3) is 0 Å². The van der Waals surface area contributed by atoms with Gasteiger partial charge in [-0.2, -0.15) is 26.3 Å². The predicted molar refractivity (Wildman–Crippen MR) is 95.9 cm³/mol. The third kappa shape index (κ3) is 4.15. The Kier molecular flexibility index (Phi) is 5.14. The average molecular weight is 452 g/mol. The summed E-state index contributed by atoms with van der Waals surface area (Å²) in [5.74, 6) is -0.534. The SMILES string of the molecule is CS(=O)(=O)c1ccc(N2CC(O)(C(F)(F)F)N=C2c2cccc(C(F)(F)F)c2)cc1. The lowest BCUT2D eigenvalue weighted by Gasteiger charge is -2.25.